The van der Waals surface area contributed by atoms with Gasteiger partial charge in [-0.15, -0.1) is 0 Å². The van der Waals surface area contributed by atoms with Gasteiger partial charge in [-0.2, -0.15) is 0 Å². The number of benzene rings is 1. The predicted molar refractivity (Wildman–Crippen MR) is 104 cm³/mol. The molecule has 6 rings (SSSR count). The summed E-state index contributed by atoms with van der Waals surface area (Å²) in [6.07, 6.45) is 12.2. The Kier molecular flexibility index (Phi) is 4.25. The molecule has 1 aromatic rings. The highest BCUT2D eigenvalue weighted by molar-refractivity contribution is 5.83. The molecule has 5 aliphatic rings. The zero-order valence-electron chi connectivity index (χ0n) is 16.1. The molecule has 27 heavy (non-hydrogen) atoms. The average molecular weight is 367 g/mol. The van der Waals surface area contributed by atoms with Gasteiger partial charge in [0.25, 0.3) is 0 Å². The lowest BCUT2D eigenvalue weighted by Gasteiger charge is -2.56. The van der Waals surface area contributed by atoms with Crippen molar-refractivity contribution >= 4 is 11.8 Å². The monoisotopic (exact) mass is 366 g/mol. The SMILES string of the molecule is O=C(Cc1ccc2c(c1)CCC2)NNC(=O)CC12CC3CC(CC(C3)C1)C2. The van der Waals surface area contributed by atoms with Gasteiger partial charge in [-0.25, -0.2) is 0 Å². The van der Waals surface area contributed by atoms with Gasteiger partial charge < -0.3 is 0 Å². The van der Waals surface area contributed by atoms with E-state index in [9.17, 15) is 9.59 Å². The van der Waals surface area contributed by atoms with Crippen molar-refractivity contribution < 1.29 is 9.59 Å². The zero-order valence-corrected chi connectivity index (χ0v) is 16.1. The van der Waals surface area contributed by atoms with Crippen LogP contribution in [0.2, 0.25) is 0 Å². The Hall–Kier alpha value is -1.84. The summed E-state index contributed by atoms with van der Waals surface area (Å²) in [7, 11) is 0. The Morgan fingerprint density at radius 1 is 0.889 bits per heavy atom. The van der Waals surface area contributed by atoms with Crippen molar-refractivity contribution in [1.82, 2.24) is 10.9 Å². The van der Waals surface area contributed by atoms with E-state index in [1.165, 1.54) is 56.1 Å². The largest absolute Gasteiger partial charge is 0.273 e. The number of carbonyl (C=O) groups is 2. The number of aryl methyl sites for hydroxylation is 2. The topological polar surface area (TPSA) is 58.2 Å². The van der Waals surface area contributed by atoms with Crippen LogP contribution in [-0.2, 0) is 28.9 Å². The quantitative estimate of drug-likeness (QED) is 0.802. The van der Waals surface area contributed by atoms with Gasteiger partial charge in [0.05, 0.1) is 6.42 Å². The second kappa shape index (κ2) is 6.65. The second-order valence-corrected chi connectivity index (χ2v) is 9.82. The summed E-state index contributed by atoms with van der Waals surface area (Å²) in [5.41, 5.74) is 9.38. The molecular weight excluding hydrogens is 336 g/mol. The van der Waals surface area contributed by atoms with Gasteiger partial charge in [0.1, 0.15) is 0 Å². The van der Waals surface area contributed by atoms with Crippen molar-refractivity contribution in [1.29, 1.82) is 0 Å². The summed E-state index contributed by atoms with van der Waals surface area (Å²) in [4.78, 5) is 24.8. The van der Waals surface area contributed by atoms with Crippen LogP contribution in [0.3, 0.4) is 0 Å². The number of amides is 2. The lowest BCUT2D eigenvalue weighted by atomic mass is 9.49. The van der Waals surface area contributed by atoms with Gasteiger partial charge >= 0.3 is 0 Å². The Bertz CT molecular complexity index is 734. The molecule has 0 radical (unpaired) electrons. The molecule has 4 bridgehead atoms. The molecule has 0 atom stereocenters. The average Bonchev–Trinajstić information content (AvgIpc) is 3.06. The minimum atomic E-state index is -0.133. The molecule has 4 nitrogen and oxygen atoms in total. The van der Waals surface area contributed by atoms with Gasteiger partial charge in [0.2, 0.25) is 11.8 Å². The molecule has 0 saturated heterocycles. The lowest BCUT2D eigenvalue weighted by molar-refractivity contribution is -0.134. The fourth-order valence-electron chi connectivity index (χ4n) is 7.00. The van der Waals surface area contributed by atoms with E-state index in [0.29, 0.717) is 12.8 Å². The zero-order chi connectivity index (χ0) is 18.4. The van der Waals surface area contributed by atoms with Crippen LogP contribution in [0.4, 0.5) is 0 Å². The summed E-state index contributed by atoms with van der Waals surface area (Å²) >= 11 is 0. The van der Waals surface area contributed by atoms with Crippen molar-refractivity contribution in [2.24, 2.45) is 23.2 Å². The fraction of sp³-hybridized carbons (Fsp3) is 0.652. The van der Waals surface area contributed by atoms with Crippen molar-refractivity contribution in [2.75, 3.05) is 0 Å². The van der Waals surface area contributed by atoms with Crippen LogP contribution >= 0.6 is 0 Å². The van der Waals surface area contributed by atoms with Crippen molar-refractivity contribution in [2.45, 2.75) is 70.6 Å². The van der Waals surface area contributed by atoms with E-state index < -0.39 is 0 Å². The lowest BCUT2D eigenvalue weighted by Crippen LogP contribution is -2.50. The first-order valence-corrected chi connectivity index (χ1v) is 10.8. The minimum absolute atomic E-state index is 0.0146. The first-order chi connectivity index (χ1) is 13.1. The molecular formula is C23H30N2O2. The summed E-state index contributed by atoms with van der Waals surface area (Å²) < 4.78 is 0. The van der Waals surface area contributed by atoms with E-state index in [1.54, 1.807) is 0 Å². The van der Waals surface area contributed by atoms with E-state index in [-0.39, 0.29) is 17.2 Å². The number of nitrogens with one attached hydrogen (secondary N) is 2. The van der Waals surface area contributed by atoms with Gasteiger partial charge in [0.15, 0.2) is 0 Å². The van der Waals surface area contributed by atoms with E-state index in [2.05, 4.69) is 23.0 Å². The first-order valence-electron chi connectivity index (χ1n) is 10.8. The summed E-state index contributed by atoms with van der Waals surface area (Å²) in [5.74, 6) is 2.39. The van der Waals surface area contributed by atoms with Crippen LogP contribution in [0.5, 0.6) is 0 Å². The highest BCUT2D eigenvalue weighted by Crippen LogP contribution is 2.61. The minimum Gasteiger partial charge on any atom is -0.273 e. The Labute approximate surface area is 161 Å². The third kappa shape index (κ3) is 3.51. The number of hydrazine groups is 1. The van der Waals surface area contributed by atoms with Crippen molar-refractivity contribution in [3.8, 4) is 0 Å². The molecule has 1 aromatic carbocycles. The third-order valence-electron chi connectivity index (χ3n) is 7.57. The van der Waals surface area contributed by atoms with Gasteiger partial charge in [-0.3, -0.25) is 20.4 Å². The van der Waals surface area contributed by atoms with Gasteiger partial charge in [-0.1, -0.05) is 18.2 Å². The number of hydrogen-bond donors (Lipinski definition) is 2. The van der Waals surface area contributed by atoms with Crippen LogP contribution in [0, 0.1) is 23.2 Å². The first kappa shape index (κ1) is 17.3. The molecule has 0 aliphatic heterocycles. The maximum absolute atomic E-state index is 12.5. The Morgan fingerprint density at radius 2 is 1.52 bits per heavy atom. The standard InChI is InChI=1S/C23H30N2O2/c26-21(10-15-4-5-19-2-1-3-20(19)9-15)24-25-22(27)14-23-11-16-6-17(12-23)8-18(7-16)13-23/h4-5,9,16-18H,1-3,6-8,10-14H2,(H,24,26)(H,25,27). The van der Waals surface area contributed by atoms with Gasteiger partial charge in [0, 0.05) is 6.42 Å². The predicted octanol–water partition coefficient (Wildman–Crippen LogP) is 3.47. The highest BCUT2D eigenvalue weighted by atomic mass is 16.2. The summed E-state index contributed by atoms with van der Waals surface area (Å²) in [6.45, 7) is 0. The highest BCUT2D eigenvalue weighted by Gasteiger charge is 2.51. The van der Waals surface area contributed by atoms with Gasteiger partial charge in [-0.05, 0) is 97.6 Å². The normalized spacial score (nSPS) is 33.0. The van der Waals surface area contributed by atoms with E-state index in [0.717, 1.165) is 36.2 Å². The fourth-order valence-corrected chi connectivity index (χ4v) is 7.00. The molecule has 144 valence electrons. The van der Waals surface area contributed by atoms with E-state index >= 15 is 0 Å². The molecule has 0 heterocycles. The molecule has 4 heteroatoms. The summed E-state index contributed by atoms with van der Waals surface area (Å²) in [5, 5.41) is 0. The smallest absolute Gasteiger partial charge is 0.242 e. The van der Waals surface area contributed by atoms with Crippen LogP contribution in [0.25, 0.3) is 0 Å². The van der Waals surface area contributed by atoms with Crippen LogP contribution in [0.1, 0.15) is 68.1 Å². The second-order valence-electron chi connectivity index (χ2n) is 9.82. The molecule has 0 unspecified atom stereocenters. The Balaban J connectivity index is 1.13. The van der Waals surface area contributed by atoms with Crippen molar-refractivity contribution in [3.63, 3.8) is 0 Å². The number of carbonyl (C=O) groups excluding carboxylic acids is 2. The van der Waals surface area contributed by atoms with Crippen LogP contribution in [0.15, 0.2) is 18.2 Å². The molecule has 0 spiro atoms. The van der Waals surface area contributed by atoms with E-state index in [4.69, 9.17) is 0 Å². The van der Waals surface area contributed by atoms with E-state index in [1.807, 2.05) is 6.07 Å². The summed E-state index contributed by atoms with van der Waals surface area (Å²) in [6, 6.07) is 6.34. The third-order valence-corrected chi connectivity index (χ3v) is 7.57. The van der Waals surface area contributed by atoms with Crippen LogP contribution < -0.4 is 10.9 Å². The molecule has 2 amide bonds. The van der Waals surface area contributed by atoms with Crippen LogP contribution in [-0.4, -0.2) is 11.8 Å². The molecule has 2 N–H and O–H groups in total. The molecule has 5 aliphatic carbocycles. The number of fused-ring (bicyclic) bond motifs is 1. The molecule has 4 fully saturated rings. The van der Waals surface area contributed by atoms with Crippen molar-refractivity contribution in [3.05, 3.63) is 34.9 Å². The number of hydrogen-bond acceptors (Lipinski definition) is 2. The Morgan fingerprint density at radius 3 is 2.22 bits per heavy atom. The molecule has 0 aromatic heterocycles. The maximum atomic E-state index is 12.5. The molecule has 4 saturated carbocycles. The maximum Gasteiger partial charge on any atom is 0.242 e. The number of rotatable bonds is 4.